The van der Waals surface area contributed by atoms with E-state index in [1.54, 1.807) is 11.8 Å². The SMILES string of the molecule is CC[C@@H](C)SSCC=CSC. The van der Waals surface area contributed by atoms with E-state index in [1.807, 2.05) is 21.6 Å². The van der Waals surface area contributed by atoms with Crippen LogP contribution in [0.5, 0.6) is 0 Å². The molecule has 0 amide bonds. The second-order valence-electron chi connectivity index (χ2n) is 2.21. The molecule has 0 aromatic rings. The van der Waals surface area contributed by atoms with Gasteiger partial charge in [0.05, 0.1) is 0 Å². The van der Waals surface area contributed by atoms with Crippen molar-refractivity contribution in [1.29, 1.82) is 0 Å². The molecule has 0 radical (unpaired) electrons. The van der Waals surface area contributed by atoms with Gasteiger partial charge in [-0.2, -0.15) is 0 Å². The van der Waals surface area contributed by atoms with Gasteiger partial charge in [0, 0.05) is 11.0 Å². The van der Waals surface area contributed by atoms with E-state index < -0.39 is 0 Å². The second-order valence-corrected chi connectivity index (χ2v) is 5.80. The Morgan fingerprint density at radius 2 is 2.18 bits per heavy atom. The van der Waals surface area contributed by atoms with E-state index >= 15 is 0 Å². The Bertz CT molecular complexity index is 102. The maximum atomic E-state index is 2.27. The predicted octanol–water partition coefficient (Wildman–Crippen LogP) is 4.04. The first-order chi connectivity index (χ1) is 5.31. The van der Waals surface area contributed by atoms with Crippen LogP contribution < -0.4 is 0 Å². The molecule has 0 aliphatic rings. The van der Waals surface area contributed by atoms with Crippen molar-refractivity contribution in [3.8, 4) is 0 Å². The van der Waals surface area contributed by atoms with Crippen molar-refractivity contribution in [2.45, 2.75) is 25.5 Å². The van der Waals surface area contributed by atoms with Crippen LogP contribution >= 0.6 is 33.3 Å². The number of hydrogen-bond donors (Lipinski definition) is 0. The lowest BCUT2D eigenvalue weighted by molar-refractivity contribution is 0.912. The van der Waals surface area contributed by atoms with E-state index in [0.29, 0.717) is 0 Å². The Morgan fingerprint density at radius 3 is 2.73 bits per heavy atom. The zero-order chi connectivity index (χ0) is 8.53. The van der Waals surface area contributed by atoms with Crippen LogP contribution in [0.2, 0.25) is 0 Å². The summed E-state index contributed by atoms with van der Waals surface area (Å²) >= 11 is 1.76. The van der Waals surface area contributed by atoms with Crippen LogP contribution in [-0.4, -0.2) is 17.3 Å². The van der Waals surface area contributed by atoms with Crippen molar-refractivity contribution in [1.82, 2.24) is 0 Å². The molecule has 0 fully saturated rings. The third kappa shape index (κ3) is 8.70. The maximum absolute atomic E-state index is 2.27. The normalized spacial score (nSPS) is 14.1. The van der Waals surface area contributed by atoms with Crippen LogP contribution in [0, 0.1) is 0 Å². The largest absolute Gasteiger partial charge is 0.138 e. The Morgan fingerprint density at radius 1 is 1.45 bits per heavy atom. The molecule has 0 heterocycles. The van der Waals surface area contributed by atoms with Gasteiger partial charge in [-0.15, -0.1) is 11.8 Å². The highest BCUT2D eigenvalue weighted by Crippen LogP contribution is 2.28. The smallest absolute Gasteiger partial charge is 0.0225 e. The average molecular weight is 208 g/mol. The first kappa shape index (κ1) is 11.8. The summed E-state index contributed by atoms with van der Waals surface area (Å²) < 4.78 is 0. The third-order valence-corrected chi connectivity index (χ3v) is 4.60. The summed E-state index contributed by atoms with van der Waals surface area (Å²) in [6.45, 7) is 4.51. The minimum absolute atomic E-state index is 0.794. The molecular formula is C8H16S3. The van der Waals surface area contributed by atoms with E-state index in [2.05, 4.69) is 31.6 Å². The zero-order valence-electron chi connectivity index (χ0n) is 7.37. The molecule has 0 bridgehead atoms. The molecular weight excluding hydrogens is 192 g/mol. The summed E-state index contributed by atoms with van der Waals surface area (Å²) in [5.41, 5.74) is 0. The number of rotatable bonds is 6. The molecule has 0 saturated carbocycles. The molecule has 3 heteroatoms. The molecule has 0 rings (SSSR count). The standard InChI is InChI=1S/C8H16S3/c1-4-8(2)11-10-7-5-6-9-3/h5-6,8H,4,7H2,1-3H3/t8-/m1/s1. The Hall–Kier alpha value is 0.790. The molecule has 0 unspecified atom stereocenters. The van der Waals surface area contributed by atoms with Gasteiger partial charge in [0.1, 0.15) is 0 Å². The Balaban J connectivity index is 3.07. The van der Waals surface area contributed by atoms with Gasteiger partial charge in [-0.3, -0.25) is 0 Å². The van der Waals surface area contributed by atoms with Crippen LogP contribution in [0.15, 0.2) is 11.5 Å². The average Bonchev–Trinajstić information content (AvgIpc) is 2.04. The van der Waals surface area contributed by atoms with E-state index in [4.69, 9.17) is 0 Å². The summed E-state index contributed by atoms with van der Waals surface area (Å²) in [5.74, 6) is 1.13. The Kier molecular flexibility index (Phi) is 9.52. The molecule has 0 N–H and O–H groups in total. The summed E-state index contributed by atoms with van der Waals surface area (Å²) in [4.78, 5) is 0. The van der Waals surface area contributed by atoms with Gasteiger partial charge in [-0.1, -0.05) is 41.5 Å². The fraction of sp³-hybridized carbons (Fsp3) is 0.750. The topological polar surface area (TPSA) is 0 Å². The van der Waals surface area contributed by atoms with Gasteiger partial charge in [0.15, 0.2) is 0 Å². The minimum atomic E-state index is 0.794. The van der Waals surface area contributed by atoms with Crippen LogP contribution in [0.3, 0.4) is 0 Å². The van der Waals surface area contributed by atoms with Crippen LogP contribution in [0.1, 0.15) is 20.3 Å². The highest BCUT2D eigenvalue weighted by atomic mass is 33.1. The van der Waals surface area contributed by atoms with Gasteiger partial charge in [-0.25, -0.2) is 0 Å². The monoisotopic (exact) mass is 208 g/mol. The predicted molar refractivity (Wildman–Crippen MR) is 62.5 cm³/mol. The van der Waals surface area contributed by atoms with E-state index in [-0.39, 0.29) is 0 Å². The van der Waals surface area contributed by atoms with Gasteiger partial charge >= 0.3 is 0 Å². The molecule has 0 aliphatic heterocycles. The maximum Gasteiger partial charge on any atom is 0.0225 e. The lowest BCUT2D eigenvalue weighted by Crippen LogP contribution is -1.88. The summed E-state index contributed by atoms with van der Waals surface area (Å²) in [6, 6.07) is 0. The van der Waals surface area contributed by atoms with Crippen molar-refractivity contribution in [2.75, 3.05) is 12.0 Å². The van der Waals surface area contributed by atoms with Crippen molar-refractivity contribution in [3.05, 3.63) is 11.5 Å². The van der Waals surface area contributed by atoms with Crippen molar-refractivity contribution in [3.63, 3.8) is 0 Å². The first-order valence-corrected chi connectivity index (χ1v) is 7.44. The van der Waals surface area contributed by atoms with E-state index in [0.717, 1.165) is 11.0 Å². The van der Waals surface area contributed by atoms with Crippen LogP contribution in [0.25, 0.3) is 0 Å². The number of thioether (sulfide) groups is 1. The van der Waals surface area contributed by atoms with Gasteiger partial charge < -0.3 is 0 Å². The fourth-order valence-electron chi connectivity index (χ4n) is 0.398. The summed E-state index contributed by atoms with van der Waals surface area (Å²) in [5, 5.41) is 2.94. The molecule has 0 aliphatic carbocycles. The van der Waals surface area contributed by atoms with E-state index in [1.165, 1.54) is 6.42 Å². The first-order valence-electron chi connectivity index (χ1n) is 3.77. The van der Waals surface area contributed by atoms with E-state index in [9.17, 15) is 0 Å². The van der Waals surface area contributed by atoms with Crippen molar-refractivity contribution >= 4 is 33.3 Å². The number of hydrogen-bond acceptors (Lipinski definition) is 3. The molecule has 11 heavy (non-hydrogen) atoms. The molecule has 1 atom stereocenters. The zero-order valence-corrected chi connectivity index (χ0v) is 9.82. The molecule has 0 spiro atoms. The molecule has 0 aromatic heterocycles. The summed E-state index contributed by atoms with van der Waals surface area (Å²) in [6.07, 6.45) is 5.57. The van der Waals surface area contributed by atoms with Crippen LogP contribution in [0.4, 0.5) is 0 Å². The van der Waals surface area contributed by atoms with Gasteiger partial charge in [-0.05, 0) is 18.1 Å². The second kappa shape index (κ2) is 8.88. The summed E-state index contributed by atoms with van der Waals surface area (Å²) in [7, 11) is 3.93. The highest BCUT2D eigenvalue weighted by molar-refractivity contribution is 8.77. The van der Waals surface area contributed by atoms with Gasteiger partial charge in [0.25, 0.3) is 0 Å². The van der Waals surface area contributed by atoms with Gasteiger partial charge in [0.2, 0.25) is 0 Å². The lowest BCUT2D eigenvalue weighted by atomic mass is 10.4. The van der Waals surface area contributed by atoms with Crippen molar-refractivity contribution in [2.24, 2.45) is 0 Å². The molecule has 0 nitrogen and oxygen atoms in total. The third-order valence-electron chi connectivity index (χ3n) is 1.20. The molecule has 0 aromatic carbocycles. The van der Waals surface area contributed by atoms with Crippen LogP contribution in [-0.2, 0) is 0 Å². The molecule has 66 valence electrons. The fourth-order valence-corrected chi connectivity index (χ4v) is 3.01. The molecule has 0 saturated heterocycles. The van der Waals surface area contributed by atoms with Crippen molar-refractivity contribution < 1.29 is 0 Å². The Labute approximate surface area is 82.4 Å². The lowest BCUT2D eigenvalue weighted by Gasteiger charge is -2.04. The quantitative estimate of drug-likeness (QED) is 0.477. The highest BCUT2D eigenvalue weighted by Gasteiger charge is 1.96. The minimum Gasteiger partial charge on any atom is -0.138 e.